The monoisotopic (exact) mass is 378 g/mol. The Morgan fingerprint density at radius 2 is 1.81 bits per heavy atom. The smallest absolute Gasteiger partial charge is 0.274 e. The summed E-state index contributed by atoms with van der Waals surface area (Å²) in [6.45, 7) is 0. The van der Waals surface area contributed by atoms with Crippen molar-refractivity contribution >= 4 is 33.5 Å². The summed E-state index contributed by atoms with van der Waals surface area (Å²) in [5.74, 6) is 0. The SMILES string of the molecule is Cn1cc2c(n1)c(=O)n(-c1ccccc1Cl)c1nc(C(F)(F)F)ccc21. The number of nitrogens with zero attached hydrogens (tertiary/aromatic N) is 4. The first-order valence-corrected chi connectivity index (χ1v) is 7.86. The first-order chi connectivity index (χ1) is 12.3. The fourth-order valence-corrected chi connectivity index (χ4v) is 3.11. The maximum Gasteiger partial charge on any atom is 0.433 e. The van der Waals surface area contributed by atoms with Crippen molar-refractivity contribution in [2.45, 2.75) is 6.18 Å². The standard InChI is InChI=1S/C17H10ClF3N4O/c1-24-8-10-9-6-7-13(17(19,20)21)22-15(9)25(16(26)14(10)23-24)12-5-3-2-4-11(12)18/h2-8H,1H3. The summed E-state index contributed by atoms with van der Waals surface area (Å²) in [7, 11) is 1.63. The maximum atomic E-state index is 13.2. The van der Waals surface area contributed by atoms with E-state index in [1.165, 1.54) is 10.7 Å². The molecule has 0 saturated carbocycles. The summed E-state index contributed by atoms with van der Waals surface area (Å²) in [5.41, 5.74) is -1.44. The van der Waals surface area contributed by atoms with Gasteiger partial charge in [-0.05, 0) is 24.3 Å². The minimum atomic E-state index is -4.64. The van der Waals surface area contributed by atoms with Crippen molar-refractivity contribution in [1.82, 2.24) is 19.3 Å². The van der Waals surface area contributed by atoms with Crippen LogP contribution in [0.5, 0.6) is 0 Å². The van der Waals surface area contributed by atoms with Gasteiger partial charge in [0.05, 0.1) is 10.7 Å². The molecule has 0 N–H and O–H groups in total. The number of pyridine rings is 2. The molecule has 0 aliphatic heterocycles. The van der Waals surface area contributed by atoms with E-state index < -0.39 is 17.4 Å². The van der Waals surface area contributed by atoms with Gasteiger partial charge in [0, 0.05) is 24.0 Å². The summed E-state index contributed by atoms with van der Waals surface area (Å²) in [5, 5.41) is 5.16. The van der Waals surface area contributed by atoms with Crippen LogP contribution in [-0.2, 0) is 13.2 Å². The number of hydrogen-bond acceptors (Lipinski definition) is 3. The highest BCUT2D eigenvalue weighted by Crippen LogP contribution is 2.32. The molecule has 0 unspecified atom stereocenters. The van der Waals surface area contributed by atoms with E-state index in [0.29, 0.717) is 10.8 Å². The topological polar surface area (TPSA) is 52.7 Å². The molecule has 9 heteroatoms. The van der Waals surface area contributed by atoms with Crippen LogP contribution in [0.4, 0.5) is 13.2 Å². The van der Waals surface area contributed by atoms with Crippen LogP contribution in [0.1, 0.15) is 5.69 Å². The highest BCUT2D eigenvalue weighted by atomic mass is 35.5. The fourth-order valence-electron chi connectivity index (χ4n) is 2.89. The van der Waals surface area contributed by atoms with E-state index >= 15 is 0 Å². The number of rotatable bonds is 1. The van der Waals surface area contributed by atoms with Gasteiger partial charge in [0.1, 0.15) is 11.3 Å². The molecule has 4 aromatic rings. The predicted molar refractivity (Wildman–Crippen MR) is 91.6 cm³/mol. The van der Waals surface area contributed by atoms with Gasteiger partial charge in [-0.3, -0.25) is 14.0 Å². The molecule has 0 fully saturated rings. The zero-order chi connectivity index (χ0) is 18.6. The Bertz CT molecular complexity index is 1230. The number of alkyl halides is 3. The van der Waals surface area contributed by atoms with Crippen LogP contribution in [0, 0.1) is 0 Å². The van der Waals surface area contributed by atoms with Crippen molar-refractivity contribution in [2.75, 3.05) is 0 Å². The van der Waals surface area contributed by atoms with Gasteiger partial charge in [0.25, 0.3) is 5.56 Å². The molecule has 3 heterocycles. The molecule has 0 bridgehead atoms. The minimum Gasteiger partial charge on any atom is -0.274 e. The molecule has 5 nitrogen and oxygen atoms in total. The quantitative estimate of drug-likeness (QED) is 0.504. The van der Waals surface area contributed by atoms with E-state index in [0.717, 1.165) is 10.6 Å². The average Bonchev–Trinajstić information content (AvgIpc) is 2.97. The minimum absolute atomic E-state index is 0.126. The van der Waals surface area contributed by atoms with E-state index in [-0.39, 0.29) is 21.9 Å². The highest BCUT2D eigenvalue weighted by Gasteiger charge is 2.33. The molecule has 1 aromatic carbocycles. The first-order valence-electron chi connectivity index (χ1n) is 7.48. The third kappa shape index (κ3) is 2.45. The second-order valence-corrected chi connectivity index (χ2v) is 6.13. The predicted octanol–water partition coefficient (Wildman–Crippen LogP) is 3.94. The van der Waals surface area contributed by atoms with Crippen LogP contribution < -0.4 is 5.56 Å². The van der Waals surface area contributed by atoms with Gasteiger partial charge < -0.3 is 0 Å². The van der Waals surface area contributed by atoms with Crippen LogP contribution in [0.25, 0.3) is 27.6 Å². The molecule has 0 atom stereocenters. The lowest BCUT2D eigenvalue weighted by Gasteiger charge is -2.13. The van der Waals surface area contributed by atoms with Gasteiger partial charge in [-0.2, -0.15) is 18.3 Å². The normalized spacial score (nSPS) is 12.2. The molecule has 3 aromatic heterocycles. The molecule has 0 aliphatic rings. The fraction of sp³-hybridized carbons (Fsp3) is 0.118. The van der Waals surface area contributed by atoms with Crippen molar-refractivity contribution in [3.8, 4) is 5.69 Å². The van der Waals surface area contributed by atoms with Crippen LogP contribution in [0.2, 0.25) is 5.02 Å². The lowest BCUT2D eigenvalue weighted by Crippen LogP contribution is -2.21. The zero-order valence-electron chi connectivity index (χ0n) is 13.3. The summed E-state index contributed by atoms with van der Waals surface area (Å²) >= 11 is 6.18. The second-order valence-electron chi connectivity index (χ2n) is 5.72. The molecule has 0 amide bonds. The lowest BCUT2D eigenvalue weighted by molar-refractivity contribution is -0.141. The van der Waals surface area contributed by atoms with Crippen molar-refractivity contribution in [2.24, 2.45) is 7.05 Å². The van der Waals surface area contributed by atoms with Crippen molar-refractivity contribution in [1.29, 1.82) is 0 Å². The summed E-state index contributed by atoms with van der Waals surface area (Å²) in [6, 6.07) is 8.56. The maximum absolute atomic E-state index is 13.2. The Hall–Kier alpha value is -2.87. The third-order valence-electron chi connectivity index (χ3n) is 4.00. The van der Waals surface area contributed by atoms with Crippen molar-refractivity contribution < 1.29 is 13.2 Å². The molecule has 0 spiro atoms. The zero-order valence-corrected chi connectivity index (χ0v) is 14.0. The molecule has 0 aliphatic carbocycles. The molecule has 26 heavy (non-hydrogen) atoms. The molecule has 132 valence electrons. The Labute approximate surface area is 149 Å². The number of benzene rings is 1. The number of aryl methyl sites for hydroxylation is 1. The van der Waals surface area contributed by atoms with E-state index in [2.05, 4.69) is 10.1 Å². The number of halogens is 4. The lowest BCUT2D eigenvalue weighted by atomic mass is 10.1. The second kappa shape index (κ2) is 5.57. The number of aromatic nitrogens is 4. The third-order valence-corrected chi connectivity index (χ3v) is 4.31. The van der Waals surface area contributed by atoms with Gasteiger partial charge in [0.2, 0.25) is 0 Å². The Kier molecular flexibility index (Phi) is 3.55. The van der Waals surface area contributed by atoms with E-state index in [4.69, 9.17) is 11.6 Å². The van der Waals surface area contributed by atoms with Crippen molar-refractivity contribution in [3.05, 3.63) is 63.7 Å². The average molecular weight is 379 g/mol. The summed E-state index contributed by atoms with van der Waals surface area (Å²) in [4.78, 5) is 16.7. The van der Waals surface area contributed by atoms with Crippen LogP contribution in [0.15, 0.2) is 47.4 Å². The van der Waals surface area contributed by atoms with Gasteiger partial charge in [0.15, 0.2) is 5.52 Å². The van der Waals surface area contributed by atoms with Crippen LogP contribution in [0.3, 0.4) is 0 Å². The van der Waals surface area contributed by atoms with Gasteiger partial charge in [-0.15, -0.1) is 0 Å². The van der Waals surface area contributed by atoms with E-state index in [1.807, 2.05) is 0 Å². The number of fused-ring (bicyclic) bond motifs is 3. The van der Waals surface area contributed by atoms with E-state index in [9.17, 15) is 18.0 Å². The summed E-state index contributed by atoms with van der Waals surface area (Å²) < 4.78 is 42.0. The van der Waals surface area contributed by atoms with E-state index in [1.54, 1.807) is 37.5 Å². The van der Waals surface area contributed by atoms with Crippen molar-refractivity contribution in [3.63, 3.8) is 0 Å². The van der Waals surface area contributed by atoms with Gasteiger partial charge in [-0.1, -0.05) is 23.7 Å². The number of hydrogen-bond donors (Lipinski definition) is 0. The highest BCUT2D eigenvalue weighted by molar-refractivity contribution is 6.32. The molecule has 0 saturated heterocycles. The van der Waals surface area contributed by atoms with Gasteiger partial charge in [-0.25, -0.2) is 4.98 Å². The van der Waals surface area contributed by atoms with Crippen LogP contribution in [-0.4, -0.2) is 19.3 Å². The Morgan fingerprint density at radius 3 is 2.50 bits per heavy atom. The molecule has 4 rings (SSSR count). The Morgan fingerprint density at radius 1 is 1.08 bits per heavy atom. The Balaban J connectivity index is 2.24. The molecular weight excluding hydrogens is 369 g/mol. The van der Waals surface area contributed by atoms with Crippen LogP contribution >= 0.6 is 11.6 Å². The summed E-state index contributed by atoms with van der Waals surface area (Å²) in [6.07, 6.45) is -3.07. The van der Waals surface area contributed by atoms with Gasteiger partial charge >= 0.3 is 6.18 Å². The largest absolute Gasteiger partial charge is 0.433 e. The number of para-hydroxylation sites is 1. The molecule has 0 radical (unpaired) electrons. The first kappa shape index (κ1) is 16.6. The molecular formula is C17H10ClF3N4O.